The van der Waals surface area contributed by atoms with Gasteiger partial charge in [0, 0.05) is 19.6 Å². The van der Waals surface area contributed by atoms with Gasteiger partial charge in [-0.05, 0) is 45.6 Å². The van der Waals surface area contributed by atoms with Gasteiger partial charge in [-0.15, -0.1) is 0 Å². The van der Waals surface area contributed by atoms with E-state index < -0.39 is 0 Å². The largest absolute Gasteiger partial charge is 0.338 e. The number of hydrogen-bond acceptors (Lipinski definition) is 1. The fourth-order valence-electron chi connectivity index (χ4n) is 4.32. The van der Waals surface area contributed by atoms with E-state index in [-0.39, 0.29) is 6.03 Å². The van der Waals surface area contributed by atoms with Crippen molar-refractivity contribution in [3.63, 3.8) is 0 Å². The van der Waals surface area contributed by atoms with E-state index >= 15 is 0 Å². The summed E-state index contributed by atoms with van der Waals surface area (Å²) in [6, 6.07) is 9.12. The van der Waals surface area contributed by atoms with Crippen LogP contribution in [0, 0.1) is 6.92 Å². The van der Waals surface area contributed by atoms with Crippen LogP contribution in [0.25, 0.3) is 0 Å². The smallest absolute Gasteiger partial charge is 0.317 e. The predicted octanol–water partition coefficient (Wildman–Crippen LogP) is 8.44. The van der Waals surface area contributed by atoms with Crippen molar-refractivity contribution in [2.24, 2.45) is 0 Å². The van der Waals surface area contributed by atoms with Crippen molar-refractivity contribution in [2.75, 3.05) is 19.6 Å². The highest BCUT2D eigenvalue weighted by Gasteiger charge is 2.07. The zero-order valence-corrected chi connectivity index (χ0v) is 21.6. The number of aryl methyl sites for hydroxylation is 2. The topological polar surface area (TPSA) is 32.3 Å². The van der Waals surface area contributed by atoms with E-state index in [0.29, 0.717) is 0 Å². The molecule has 0 fully saturated rings. The molecule has 0 aliphatic rings. The monoisotopic (exact) mass is 444 g/mol. The van der Waals surface area contributed by atoms with E-state index in [2.05, 4.69) is 36.5 Å². The molecule has 3 heteroatoms. The molecule has 0 saturated heterocycles. The van der Waals surface area contributed by atoms with Gasteiger partial charge in [0.05, 0.1) is 0 Å². The molecule has 0 atom stereocenters. The summed E-state index contributed by atoms with van der Waals surface area (Å²) in [4.78, 5) is 13.7. The first-order valence-electron chi connectivity index (χ1n) is 13.8. The Morgan fingerprint density at radius 2 is 1.06 bits per heavy atom. The van der Waals surface area contributed by atoms with Crippen LogP contribution in [0.3, 0.4) is 0 Å². The summed E-state index contributed by atoms with van der Waals surface area (Å²) in [5, 5.41) is 3.03. The molecule has 1 aromatic carbocycles. The van der Waals surface area contributed by atoms with Crippen molar-refractivity contribution in [3.05, 3.63) is 35.4 Å². The zero-order valence-electron chi connectivity index (χ0n) is 21.6. The SMILES string of the molecule is CCN(CC)C(=O)NCCCCCCCCCCCCCCCCCc1ccc(C)cc1. The summed E-state index contributed by atoms with van der Waals surface area (Å²) in [6.45, 7) is 8.61. The molecule has 32 heavy (non-hydrogen) atoms. The van der Waals surface area contributed by atoms with Crippen LogP contribution < -0.4 is 5.32 Å². The van der Waals surface area contributed by atoms with Crippen molar-refractivity contribution in [3.8, 4) is 0 Å². The molecule has 184 valence electrons. The second-order valence-electron chi connectivity index (χ2n) is 9.44. The lowest BCUT2D eigenvalue weighted by molar-refractivity contribution is 0.203. The average molecular weight is 445 g/mol. The molecule has 0 radical (unpaired) electrons. The van der Waals surface area contributed by atoms with Crippen LogP contribution in [0.5, 0.6) is 0 Å². The Morgan fingerprint density at radius 1 is 0.656 bits per heavy atom. The third-order valence-electron chi connectivity index (χ3n) is 6.59. The minimum absolute atomic E-state index is 0.0908. The number of benzene rings is 1. The summed E-state index contributed by atoms with van der Waals surface area (Å²) in [6.07, 6.45) is 21.7. The Balaban J connectivity index is 1.74. The molecule has 1 rings (SSSR count). The molecule has 2 amide bonds. The minimum Gasteiger partial charge on any atom is -0.338 e. The molecular weight excluding hydrogens is 392 g/mol. The van der Waals surface area contributed by atoms with Crippen molar-refractivity contribution in [2.45, 2.75) is 124 Å². The molecule has 0 saturated carbocycles. The first kappa shape index (κ1) is 28.5. The van der Waals surface area contributed by atoms with Gasteiger partial charge in [-0.1, -0.05) is 113 Å². The van der Waals surface area contributed by atoms with Crippen LogP contribution in [-0.4, -0.2) is 30.6 Å². The van der Waals surface area contributed by atoms with E-state index in [4.69, 9.17) is 0 Å². The maximum Gasteiger partial charge on any atom is 0.317 e. The number of urea groups is 1. The standard InChI is InChI=1S/C29H52N2O/c1-4-31(5-2)29(32)30-26-20-18-16-14-12-10-8-6-7-9-11-13-15-17-19-21-28-24-22-27(3)23-25-28/h22-25H,4-21,26H2,1-3H3,(H,30,32). The maximum atomic E-state index is 11.8. The van der Waals surface area contributed by atoms with Gasteiger partial charge >= 0.3 is 6.03 Å². The molecule has 0 aliphatic carbocycles. The minimum atomic E-state index is 0.0908. The van der Waals surface area contributed by atoms with Crippen molar-refractivity contribution < 1.29 is 4.79 Å². The second kappa shape index (κ2) is 20.1. The summed E-state index contributed by atoms with van der Waals surface area (Å²) in [5.74, 6) is 0. The van der Waals surface area contributed by atoms with Gasteiger partial charge in [-0.2, -0.15) is 0 Å². The highest BCUT2D eigenvalue weighted by molar-refractivity contribution is 5.73. The van der Waals surface area contributed by atoms with E-state index in [1.54, 1.807) is 0 Å². The Kier molecular flexibility index (Phi) is 17.9. The molecule has 0 aromatic heterocycles. The molecular formula is C29H52N2O. The Bertz CT molecular complexity index is 551. The lowest BCUT2D eigenvalue weighted by Crippen LogP contribution is -2.40. The molecule has 3 nitrogen and oxygen atoms in total. The van der Waals surface area contributed by atoms with Crippen molar-refractivity contribution in [1.29, 1.82) is 0 Å². The van der Waals surface area contributed by atoms with Gasteiger partial charge in [0.15, 0.2) is 0 Å². The van der Waals surface area contributed by atoms with E-state index in [1.807, 2.05) is 18.7 Å². The van der Waals surface area contributed by atoms with Crippen molar-refractivity contribution >= 4 is 6.03 Å². The van der Waals surface area contributed by atoms with Gasteiger partial charge in [0.2, 0.25) is 0 Å². The van der Waals surface area contributed by atoms with E-state index in [9.17, 15) is 4.79 Å². The lowest BCUT2D eigenvalue weighted by atomic mass is 10.0. The lowest BCUT2D eigenvalue weighted by Gasteiger charge is -2.19. The number of carbonyl (C=O) groups excluding carboxylic acids is 1. The number of rotatable bonds is 20. The number of nitrogens with zero attached hydrogens (tertiary/aromatic N) is 1. The molecule has 0 heterocycles. The molecule has 1 aromatic rings. The number of nitrogens with one attached hydrogen (secondary N) is 1. The second-order valence-corrected chi connectivity index (χ2v) is 9.44. The fraction of sp³-hybridized carbons (Fsp3) is 0.759. The Morgan fingerprint density at radius 3 is 1.50 bits per heavy atom. The summed E-state index contributed by atoms with van der Waals surface area (Å²) in [5.41, 5.74) is 2.86. The average Bonchev–Trinajstić information content (AvgIpc) is 2.80. The van der Waals surface area contributed by atoms with Crippen LogP contribution in [0.4, 0.5) is 4.79 Å². The Labute approximate surface area is 199 Å². The predicted molar refractivity (Wildman–Crippen MR) is 140 cm³/mol. The van der Waals surface area contributed by atoms with E-state index in [0.717, 1.165) is 26.1 Å². The fourth-order valence-corrected chi connectivity index (χ4v) is 4.32. The first-order valence-corrected chi connectivity index (χ1v) is 13.8. The van der Waals surface area contributed by atoms with E-state index in [1.165, 1.54) is 107 Å². The molecule has 0 spiro atoms. The molecule has 1 N–H and O–H groups in total. The van der Waals surface area contributed by atoms with Gasteiger partial charge < -0.3 is 10.2 Å². The van der Waals surface area contributed by atoms with Crippen LogP contribution in [0.15, 0.2) is 24.3 Å². The quantitative estimate of drug-likeness (QED) is 0.201. The number of unbranched alkanes of at least 4 members (excludes halogenated alkanes) is 14. The van der Waals surface area contributed by atoms with Crippen molar-refractivity contribution in [1.82, 2.24) is 10.2 Å². The van der Waals surface area contributed by atoms with Gasteiger partial charge in [-0.3, -0.25) is 0 Å². The number of hydrogen-bond donors (Lipinski definition) is 1. The van der Waals surface area contributed by atoms with Gasteiger partial charge in [0.25, 0.3) is 0 Å². The van der Waals surface area contributed by atoms with Crippen LogP contribution in [-0.2, 0) is 6.42 Å². The highest BCUT2D eigenvalue weighted by atomic mass is 16.2. The highest BCUT2D eigenvalue weighted by Crippen LogP contribution is 2.14. The molecule has 0 unspecified atom stereocenters. The zero-order chi connectivity index (χ0) is 23.3. The summed E-state index contributed by atoms with van der Waals surface area (Å²) < 4.78 is 0. The van der Waals surface area contributed by atoms with Crippen LogP contribution in [0.1, 0.15) is 121 Å². The Hall–Kier alpha value is -1.51. The first-order chi connectivity index (χ1) is 15.7. The van der Waals surface area contributed by atoms with Gasteiger partial charge in [0.1, 0.15) is 0 Å². The number of carbonyl (C=O) groups is 1. The third kappa shape index (κ3) is 15.3. The summed E-state index contributed by atoms with van der Waals surface area (Å²) in [7, 11) is 0. The summed E-state index contributed by atoms with van der Waals surface area (Å²) >= 11 is 0. The maximum absolute atomic E-state index is 11.8. The van der Waals surface area contributed by atoms with Gasteiger partial charge in [-0.25, -0.2) is 4.79 Å². The third-order valence-corrected chi connectivity index (χ3v) is 6.59. The molecule has 0 bridgehead atoms. The van der Waals surface area contributed by atoms with Crippen LogP contribution >= 0.6 is 0 Å². The number of amides is 2. The normalized spacial score (nSPS) is 11.0. The molecule has 0 aliphatic heterocycles. The van der Waals surface area contributed by atoms with Crippen LogP contribution in [0.2, 0.25) is 0 Å².